The van der Waals surface area contributed by atoms with Crippen molar-refractivity contribution in [3.05, 3.63) is 102 Å². The average molecular weight is 919 g/mol. The van der Waals surface area contributed by atoms with Crippen molar-refractivity contribution in [1.82, 2.24) is 25.5 Å². The number of nitrogens with zero attached hydrogens (tertiary/aromatic N) is 4. The highest BCUT2D eigenvalue weighted by molar-refractivity contribution is 6.01. The SMILES string of the molecule is CNc1ccc(OCCNCC2CCN(c3cc(C4CCC(=O)NC4=O)ccn3)CC2)cc1C(CC=O)C(=O)N1CCC(Oc2ccccc2-c2cc3c(C#N)cccc3[nH]2)(C(F)(F)F)CC1. The summed E-state index contributed by atoms with van der Waals surface area (Å²) in [5.74, 6) is -0.535. The smallest absolute Gasteiger partial charge is 0.428 e. The summed E-state index contributed by atoms with van der Waals surface area (Å²) in [5.41, 5.74) is 1.35. The Morgan fingerprint density at radius 3 is 2.54 bits per heavy atom. The van der Waals surface area contributed by atoms with Crippen LogP contribution >= 0.6 is 0 Å². The van der Waals surface area contributed by atoms with Crippen molar-refractivity contribution in [2.24, 2.45) is 5.92 Å². The number of likely N-dealkylation sites (tertiary alicyclic amines) is 1. The monoisotopic (exact) mass is 918 g/mol. The number of pyridine rings is 1. The van der Waals surface area contributed by atoms with E-state index in [1.54, 1.807) is 73.9 Å². The minimum Gasteiger partial charge on any atom is -0.492 e. The van der Waals surface area contributed by atoms with Crippen molar-refractivity contribution in [2.45, 2.75) is 68.6 Å². The molecular weight excluding hydrogens is 866 g/mol. The number of carbonyl (C=O) groups is 4. The molecule has 67 heavy (non-hydrogen) atoms. The minimum absolute atomic E-state index is 0.0146. The number of nitrogens with one attached hydrogen (secondary N) is 4. The molecule has 4 N–H and O–H groups in total. The van der Waals surface area contributed by atoms with E-state index < -0.39 is 36.4 Å². The number of hydrogen-bond donors (Lipinski definition) is 4. The van der Waals surface area contributed by atoms with Crippen LogP contribution in [0, 0.1) is 17.2 Å². The van der Waals surface area contributed by atoms with Gasteiger partial charge >= 0.3 is 6.18 Å². The Kier molecular flexibility index (Phi) is 14.1. The first-order valence-corrected chi connectivity index (χ1v) is 22.7. The maximum atomic E-state index is 15.1. The molecule has 0 radical (unpaired) electrons. The predicted octanol–water partition coefficient (Wildman–Crippen LogP) is 7.22. The zero-order valence-corrected chi connectivity index (χ0v) is 37.2. The fraction of sp³-hybridized carbons (Fsp3) is 0.400. The molecule has 5 heterocycles. The lowest BCUT2D eigenvalue weighted by molar-refractivity contribution is -0.260. The van der Waals surface area contributed by atoms with Crippen LogP contribution in [0.25, 0.3) is 22.2 Å². The first kappa shape index (κ1) is 46.6. The molecule has 0 spiro atoms. The standard InChI is InChI=1S/C50H53F3N8O6/c1-55-41-11-9-35(66-26-20-56-31-32-14-21-60(22-15-32)45-27-33(13-19-57-45)36-10-12-46(63)59-47(36)64)28-40(41)37(16-25-62)48(65)61-23-17-49(18-24-61,50(51,52)53)67-44-8-3-2-6-38(44)43-29-39-34(30-54)5-4-7-42(39)58-43/h2-9,11,13,19,25,27-29,32,36-37,55-56,58H,10,12,14-18,20-24,26,31H2,1H3,(H,59,63,64). The highest BCUT2D eigenvalue weighted by Gasteiger charge is 2.59. The molecular formula is C50H53F3N8O6. The number of anilines is 2. The molecule has 2 atom stereocenters. The number of halogens is 3. The second kappa shape index (κ2) is 20.3. The molecule has 3 aliphatic rings. The zero-order chi connectivity index (χ0) is 47.1. The van der Waals surface area contributed by atoms with Gasteiger partial charge in [0.1, 0.15) is 30.2 Å². The Hall–Kier alpha value is -6.93. The van der Waals surface area contributed by atoms with Crippen LogP contribution < -0.4 is 30.3 Å². The molecule has 3 aromatic carbocycles. The van der Waals surface area contributed by atoms with Crippen molar-refractivity contribution < 1.29 is 41.8 Å². The fourth-order valence-electron chi connectivity index (χ4n) is 9.49. The van der Waals surface area contributed by atoms with Crippen LogP contribution in [0.1, 0.15) is 73.5 Å². The highest BCUT2D eigenvalue weighted by atomic mass is 19.4. The molecule has 14 nitrogen and oxygen atoms in total. The number of rotatable bonds is 16. The van der Waals surface area contributed by atoms with Gasteiger partial charge in [0, 0.05) is 93.8 Å². The molecule has 2 aromatic heterocycles. The molecule has 2 unspecified atom stereocenters. The number of aromatic nitrogens is 2. The lowest BCUT2D eigenvalue weighted by atomic mass is 9.87. The van der Waals surface area contributed by atoms with Crippen LogP contribution in [0.2, 0.25) is 0 Å². The Morgan fingerprint density at radius 2 is 1.81 bits per heavy atom. The molecule has 3 aliphatic heterocycles. The Balaban J connectivity index is 0.855. The van der Waals surface area contributed by atoms with E-state index in [1.165, 1.54) is 11.0 Å². The molecule has 0 aliphatic carbocycles. The first-order valence-electron chi connectivity index (χ1n) is 22.7. The number of H-pyrrole nitrogens is 1. The normalized spacial score (nSPS) is 18.2. The second-order valence-corrected chi connectivity index (χ2v) is 17.4. The summed E-state index contributed by atoms with van der Waals surface area (Å²) in [6, 6.07) is 24.5. The summed E-state index contributed by atoms with van der Waals surface area (Å²) in [7, 11) is 1.69. The van der Waals surface area contributed by atoms with Crippen LogP contribution in [-0.2, 0) is 19.2 Å². The molecule has 350 valence electrons. The third-order valence-electron chi connectivity index (χ3n) is 13.3. The van der Waals surface area contributed by atoms with E-state index in [0.29, 0.717) is 82.9 Å². The quantitative estimate of drug-likeness (QED) is 0.0446. The van der Waals surface area contributed by atoms with Crippen molar-refractivity contribution in [3.63, 3.8) is 0 Å². The number of hydrogen-bond acceptors (Lipinski definition) is 11. The largest absolute Gasteiger partial charge is 0.492 e. The maximum absolute atomic E-state index is 15.1. The summed E-state index contributed by atoms with van der Waals surface area (Å²) in [6.07, 6.45) is -0.940. The third kappa shape index (κ3) is 10.2. The van der Waals surface area contributed by atoms with Gasteiger partial charge in [-0.15, -0.1) is 0 Å². The number of alkyl halides is 3. The van der Waals surface area contributed by atoms with E-state index in [0.717, 1.165) is 43.9 Å². The van der Waals surface area contributed by atoms with Gasteiger partial charge in [0.25, 0.3) is 0 Å². The number of fused-ring (bicyclic) bond motifs is 1. The fourth-order valence-corrected chi connectivity index (χ4v) is 9.49. The van der Waals surface area contributed by atoms with Gasteiger partial charge in [-0.25, -0.2) is 4.98 Å². The Labute approximate surface area is 386 Å². The van der Waals surface area contributed by atoms with Crippen molar-refractivity contribution in [3.8, 4) is 28.8 Å². The van der Waals surface area contributed by atoms with Gasteiger partial charge in [-0.05, 0) is 104 Å². The van der Waals surface area contributed by atoms with Crippen LogP contribution in [0.3, 0.4) is 0 Å². The summed E-state index contributed by atoms with van der Waals surface area (Å²) in [5, 5.41) is 19.2. The topological polar surface area (TPSA) is 182 Å². The minimum atomic E-state index is -4.78. The van der Waals surface area contributed by atoms with Gasteiger partial charge in [0.05, 0.1) is 29.2 Å². The van der Waals surface area contributed by atoms with E-state index in [-0.39, 0.29) is 43.0 Å². The molecule has 5 aromatic rings. The summed E-state index contributed by atoms with van der Waals surface area (Å²) in [6.45, 7) is 2.81. The number of nitriles is 1. The predicted molar refractivity (Wildman–Crippen MR) is 246 cm³/mol. The molecule has 3 saturated heterocycles. The molecule has 0 bridgehead atoms. The van der Waals surface area contributed by atoms with E-state index in [4.69, 9.17) is 9.47 Å². The van der Waals surface area contributed by atoms with Crippen LogP contribution in [0.5, 0.6) is 11.5 Å². The highest BCUT2D eigenvalue weighted by Crippen LogP contribution is 2.45. The van der Waals surface area contributed by atoms with Crippen LogP contribution in [0.15, 0.2) is 85.1 Å². The van der Waals surface area contributed by atoms with Crippen molar-refractivity contribution in [1.29, 1.82) is 5.26 Å². The molecule has 17 heteroatoms. The number of aromatic amines is 1. The molecule has 3 amide bonds. The summed E-state index contributed by atoms with van der Waals surface area (Å²) in [4.78, 5) is 61.7. The van der Waals surface area contributed by atoms with E-state index in [9.17, 15) is 24.4 Å². The first-order chi connectivity index (χ1) is 32.4. The van der Waals surface area contributed by atoms with Gasteiger partial charge in [-0.2, -0.15) is 18.4 Å². The molecule has 8 rings (SSSR count). The Morgan fingerprint density at radius 1 is 1.01 bits per heavy atom. The van der Waals surface area contributed by atoms with E-state index in [1.807, 2.05) is 12.1 Å². The van der Waals surface area contributed by atoms with E-state index >= 15 is 13.2 Å². The average Bonchev–Trinajstić information content (AvgIpc) is 3.78. The molecule has 0 saturated carbocycles. The summed E-state index contributed by atoms with van der Waals surface area (Å²) < 4.78 is 57.5. The second-order valence-electron chi connectivity index (χ2n) is 17.4. The summed E-state index contributed by atoms with van der Waals surface area (Å²) >= 11 is 0. The number of benzene rings is 3. The van der Waals surface area contributed by atoms with Gasteiger partial charge in [-0.1, -0.05) is 18.2 Å². The number of aldehydes is 1. The maximum Gasteiger partial charge on any atom is 0.428 e. The van der Waals surface area contributed by atoms with Crippen molar-refractivity contribution >= 4 is 46.4 Å². The number of para-hydroxylation sites is 1. The van der Waals surface area contributed by atoms with E-state index in [2.05, 4.69) is 36.9 Å². The number of imide groups is 1. The van der Waals surface area contributed by atoms with Gasteiger partial charge < -0.3 is 39.7 Å². The number of amides is 3. The number of carbonyl (C=O) groups excluding carboxylic acids is 4. The zero-order valence-electron chi connectivity index (χ0n) is 37.2. The Bertz CT molecular complexity index is 2650. The number of piperidine rings is 3. The van der Waals surface area contributed by atoms with Crippen molar-refractivity contribution in [2.75, 3.05) is 63.1 Å². The third-order valence-corrected chi connectivity index (χ3v) is 13.3. The number of ether oxygens (including phenoxy) is 2. The van der Waals surface area contributed by atoms with Crippen LogP contribution in [0.4, 0.5) is 24.7 Å². The lowest BCUT2D eigenvalue weighted by Gasteiger charge is -2.43. The van der Waals surface area contributed by atoms with Gasteiger partial charge in [0.15, 0.2) is 0 Å². The van der Waals surface area contributed by atoms with Gasteiger partial charge in [-0.3, -0.25) is 19.7 Å². The molecule has 3 fully saturated rings. The van der Waals surface area contributed by atoms with Gasteiger partial charge in [0.2, 0.25) is 23.3 Å². The lowest BCUT2D eigenvalue weighted by Crippen LogP contribution is -2.58. The van der Waals surface area contributed by atoms with Crippen LogP contribution in [-0.4, -0.2) is 104 Å².